The average molecular weight is 157 g/mol. The van der Waals surface area contributed by atoms with Crippen LogP contribution in [-0.4, -0.2) is 10.9 Å². The average Bonchev–Trinajstić information content (AvgIpc) is 1.89. The van der Waals surface area contributed by atoms with Crippen LogP contribution in [-0.2, 0) is 4.79 Å². The van der Waals surface area contributed by atoms with E-state index in [9.17, 15) is 4.79 Å². The number of rotatable bonds is 4. The van der Waals surface area contributed by atoms with Crippen molar-refractivity contribution in [2.75, 3.05) is 5.75 Å². The molecule has 0 fully saturated rings. The molecule has 0 aromatic rings. The van der Waals surface area contributed by atoms with Gasteiger partial charge in [0, 0.05) is 5.75 Å². The maximum absolute atomic E-state index is 10.7. The molecule has 0 atom stereocenters. The number of carbonyl (C=O) groups excluding carboxylic acids is 1. The van der Waals surface area contributed by atoms with E-state index in [4.69, 9.17) is 5.26 Å². The minimum atomic E-state index is -0.00375. The van der Waals surface area contributed by atoms with Crippen LogP contribution in [0.15, 0.2) is 0 Å². The highest BCUT2D eigenvalue weighted by Gasteiger charge is 1.98. The first-order chi connectivity index (χ1) is 4.81. The SMILES string of the molecule is CCCCSC(=O)CC#N. The Balaban J connectivity index is 3.15. The number of thioether (sulfide) groups is 1. The Hall–Kier alpha value is -0.490. The molecule has 56 valence electrons. The minimum absolute atomic E-state index is 0.00375. The largest absolute Gasteiger partial charge is 0.286 e. The molecule has 3 heteroatoms. The zero-order valence-corrected chi connectivity index (χ0v) is 6.91. The Bertz CT molecular complexity index is 139. The van der Waals surface area contributed by atoms with E-state index in [2.05, 4.69) is 6.92 Å². The zero-order valence-electron chi connectivity index (χ0n) is 6.09. The van der Waals surface area contributed by atoms with Crippen LogP contribution in [0.2, 0.25) is 0 Å². The molecule has 0 aliphatic rings. The fraction of sp³-hybridized carbons (Fsp3) is 0.714. The Morgan fingerprint density at radius 2 is 2.40 bits per heavy atom. The second kappa shape index (κ2) is 6.63. The second-order valence-corrected chi connectivity index (χ2v) is 3.06. The van der Waals surface area contributed by atoms with Gasteiger partial charge >= 0.3 is 0 Å². The van der Waals surface area contributed by atoms with Crippen LogP contribution in [0.5, 0.6) is 0 Å². The van der Waals surface area contributed by atoms with Crippen molar-refractivity contribution in [3.8, 4) is 6.07 Å². The van der Waals surface area contributed by atoms with Gasteiger partial charge in [0.15, 0.2) is 0 Å². The van der Waals surface area contributed by atoms with Crippen molar-refractivity contribution in [3.05, 3.63) is 0 Å². The lowest BCUT2D eigenvalue weighted by Gasteiger charge is -1.92. The van der Waals surface area contributed by atoms with Crippen LogP contribution in [0.4, 0.5) is 0 Å². The fourth-order valence-corrected chi connectivity index (χ4v) is 1.27. The molecular weight excluding hydrogens is 146 g/mol. The van der Waals surface area contributed by atoms with Gasteiger partial charge in [-0.3, -0.25) is 4.79 Å². The first-order valence-corrected chi connectivity index (χ1v) is 4.32. The van der Waals surface area contributed by atoms with Gasteiger partial charge in [-0.2, -0.15) is 5.26 Å². The van der Waals surface area contributed by atoms with Gasteiger partial charge in [0.05, 0.1) is 6.07 Å². The van der Waals surface area contributed by atoms with Gasteiger partial charge in [0.1, 0.15) is 6.42 Å². The van der Waals surface area contributed by atoms with Crippen molar-refractivity contribution in [2.24, 2.45) is 0 Å². The third kappa shape index (κ3) is 5.64. The number of hydrogen-bond donors (Lipinski definition) is 0. The Labute approximate surface area is 65.6 Å². The molecule has 0 amide bonds. The monoisotopic (exact) mass is 157 g/mol. The van der Waals surface area contributed by atoms with Crippen LogP contribution >= 0.6 is 11.8 Å². The van der Waals surface area contributed by atoms with Gasteiger partial charge in [-0.25, -0.2) is 0 Å². The van der Waals surface area contributed by atoms with Crippen LogP contribution in [0.25, 0.3) is 0 Å². The van der Waals surface area contributed by atoms with Crippen LogP contribution < -0.4 is 0 Å². The summed E-state index contributed by atoms with van der Waals surface area (Å²) in [5.74, 6) is 0.858. The van der Waals surface area contributed by atoms with Crippen molar-refractivity contribution in [1.82, 2.24) is 0 Å². The molecular formula is C7H11NOS. The Kier molecular flexibility index (Phi) is 6.30. The molecule has 0 N–H and O–H groups in total. The third-order valence-electron chi connectivity index (χ3n) is 0.984. The lowest BCUT2D eigenvalue weighted by Crippen LogP contribution is -1.90. The van der Waals surface area contributed by atoms with Gasteiger partial charge < -0.3 is 0 Å². The molecule has 0 aliphatic carbocycles. The smallest absolute Gasteiger partial charge is 0.202 e. The highest BCUT2D eigenvalue weighted by atomic mass is 32.2. The van der Waals surface area contributed by atoms with Crippen LogP contribution in [0.1, 0.15) is 26.2 Å². The highest BCUT2D eigenvalue weighted by Crippen LogP contribution is 2.07. The topological polar surface area (TPSA) is 40.9 Å². The van der Waals surface area contributed by atoms with Crippen molar-refractivity contribution in [2.45, 2.75) is 26.2 Å². The van der Waals surface area contributed by atoms with E-state index in [0.29, 0.717) is 0 Å². The lowest BCUT2D eigenvalue weighted by molar-refractivity contribution is -0.110. The number of hydrogen-bond acceptors (Lipinski definition) is 3. The van der Waals surface area contributed by atoms with E-state index >= 15 is 0 Å². The third-order valence-corrected chi connectivity index (χ3v) is 1.94. The predicted octanol–water partition coefficient (Wildman–Crippen LogP) is 1.96. The normalized spacial score (nSPS) is 8.80. The summed E-state index contributed by atoms with van der Waals surface area (Å²) in [6.45, 7) is 2.08. The van der Waals surface area contributed by atoms with E-state index in [1.807, 2.05) is 6.07 Å². The van der Waals surface area contributed by atoms with Gasteiger partial charge in [-0.15, -0.1) is 0 Å². The molecule has 10 heavy (non-hydrogen) atoms. The maximum atomic E-state index is 10.7. The number of unbranched alkanes of at least 4 members (excludes halogenated alkanes) is 1. The van der Waals surface area contributed by atoms with Crippen molar-refractivity contribution >= 4 is 16.9 Å². The quantitative estimate of drug-likeness (QED) is 0.586. The standard InChI is InChI=1S/C7H11NOS/c1-2-3-6-10-7(9)4-5-8/h2-4,6H2,1H3. The summed E-state index contributed by atoms with van der Waals surface area (Å²) in [4.78, 5) is 10.7. The summed E-state index contributed by atoms with van der Waals surface area (Å²) in [6.07, 6.45) is 2.21. The van der Waals surface area contributed by atoms with Crippen LogP contribution in [0.3, 0.4) is 0 Å². The van der Waals surface area contributed by atoms with Crippen molar-refractivity contribution < 1.29 is 4.79 Å². The number of nitriles is 1. The molecule has 0 radical (unpaired) electrons. The fourth-order valence-electron chi connectivity index (χ4n) is 0.446. The van der Waals surface area contributed by atoms with Crippen molar-refractivity contribution in [1.29, 1.82) is 5.26 Å². The summed E-state index contributed by atoms with van der Waals surface area (Å²) in [6, 6.07) is 1.82. The Morgan fingerprint density at radius 1 is 1.70 bits per heavy atom. The lowest BCUT2D eigenvalue weighted by atomic mass is 10.4. The molecule has 0 aliphatic heterocycles. The first-order valence-electron chi connectivity index (χ1n) is 3.33. The molecule has 0 aromatic carbocycles. The Morgan fingerprint density at radius 3 is 2.90 bits per heavy atom. The molecule has 0 spiro atoms. The summed E-state index contributed by atoms with van der Waals surface area (Å²) >= 11 is 1.26. The molecule has 0 heterocycles. The summed E-state index contributed by atoms with van der Waals surface area (Å²) in [5.41, 5.74) is 0. The van der Waals surface area contributed by atoms with E-state index < -0.39 is 0 Å². The highest BCUT2D eigenvalue weighted by molar-refractivity contribution is 8.13. The summed E-state index contributed by atoms with van der Waals surface area (Å²) < 4.78 is 0. The zero-order chi connectivity index (χ0) is 7.82. The maximum Gasteiger partial charge on any atom is 0.202 e. The van der Waals surface area contributed by atoms with Gasteiger partial charge in [0.2, 0.25) is 5.12 Å². The second-order valence-electron chi connectivity index (χ2n) is 1.91. The van der Waals surface area contributed by atoms with Gasteiger partial charge in [-0.1, -0.05) is 25.1 Å². The molecule has 0 unspecified atom stereocenters. The molecule has 2 nitrogen and oxygen atoms in total. The molecule has 0 aromatic heterocycles. The van der Waals surface area contributed by atoms with E-state index in [-0.39, 0.29) is 11.5 Å². The van der Waals surface area contributed by atoms with Gasteiger partial charge in [0.25, 0.3) is 0 Å². The first kappa shape index (κ1) is 9.51. The molecule has 0 saturated carbocycles. The molecule has 0 saturated heterocycles. The summed E-state index contributed by atoms with van der Waals surface area (Å²) in [5, 5.41) is 8.11. The van der Waals surface area contributed by atoms with Gasteiger partial charge in [-0.05, 0) is 6.42 Å². The summed E-state index contributed by atoms with van der Waals surface area (Å²) in [7, 11) is 0. The van der Waals surface area contributed by atoms with E-state index in [1.54, 1.807) is 0 Å². The predicted molar refractivity (Wildman–Crippen MR) is 42.6 cm³/mol. The van der Waals surface area contributed by atoms with Crippen LogP contribution in [0, 0.1) is 11.3 Å². The molecule has 0 bridgehead atoms. The van der Waals surface area contributed by atoms with Crippen molar-refractivity contribution in [3.63, 3.8) is 0 Å². The van der Waals surface area contributed by atoms with E-state index in [1.165, 1.54) is 11.8 Å². The van der Waals surface area contributed by atoms with E-state index in [0.717, 1.165) is 18.6 Å². The number of carbonyl (C=O) groups is 1. The minimum Gasteiger partial charge on any atom is -0.286 e. The number of nitrogens with zero attached hydrogens (tertiary/aromatic N) is 1. The molecule has 0 rings (SSSR count).